The van der Waals surface area contributed by atoms with E-state index in [9.17, 15) is 14.7 Å². The summed E-state index contributed by atoms with van der Waals surface area (Å²) in [5, 5.41) is 9.73. The molecule has 1 N–H and O–H groups in total. The minimum Gasteiger partial charge on any atom is -0.492 e. The van der Waals surface area contributed by atoms with Crippen LogP contribution in [0.25, 0.3) is 0 Å². The van der Waals surface area contributed by atoms with Crippen LogP contribution in [0.1, 0.15) is 11.5 Å². The molecule has 6 heteroatoms. The maximum absolute atomic E-state index is 12.0. The summed E-state index contributed by atoms with van der Waals surface area (Å²) < 4.78 is 10.7. The number of nitrogens with zero attached hydrogens (tertiary/aromatic N) is 1. The van der Waals surface area contributed by atoms with Crippen LogP contribution in [0.5, 0.6) is 5.75 Å². The summed E-state index contributed by atoms with van der Waals surface area (Å²) in [5.41, 5.74) is -0.295. The van der Waals surface area contributed by atoms with Gasteiger partial charge in [0.25, 0.3) is 0 Å². The SMILES string of the molecule is C=CCOC(=O)N1C[C@H]2c3ccccc3OC[C@@]2(C(=O)O)C1. The molecule has 2 aliphatic rings. The van der Waals surface area contributed by atoms with Crippen LogP contribution in [0.2, 0.25) is 0 Å². The van der Waals surface area contributed by atoms with Crippen molar-refractivity contribution in [2.75, 3.05) is 26.3 Å². The number of amides is 1. The van der Waals surface area contributed by atoms with E-state index in [1.54, 1.807) is 0 Å². The van der Waals surface area contributed by atoms with Gasteiger partial charge < -0.3 is 19.5 Å². The maximum atomic E-state index is 12.0. The lowest BCUT2D eigenvalue weighted by Gasteiger charge is -2.35. The van der Waals surface area contributed by atoms with Crippen molar-refractivity contribution in [2.45, 2.75) is 5.92 Å². The first-order chi connectivity index (χ1) is 10.6. The maximum Gasteiger partial charge on any atom is 0.410 e. The van der Waals surface area contributed by atoms with E-state index in [2.05, 4.69) is 6.58 Å². The van der Waals surface area contributed by atoms with Crippen LogP contribution in [0.3, 0.4) is 0 Å². The third-order valence-electron chi connectivity index (χ3n) is 4.33. The summed E-state index contributed by atoms with van der Waals surface area (Å²) >= 11 is 0. The van der Waals surface area contributed by atoms with Gasteiger partial charge >= 0.3 is 12.1 Å². The number of ether oxygens (including phenoxy) is 2. The van der Waals surface area contributed by atoms with Gasteiger partial charge in [0.05, 0.1) is 0 Å². The van der Waals surface area contributed by atoms with Crippen molar-refractivity contribution in [1.29, 1.82) is 0 Å². The molecule has 1 amide bonds. The topological polar surface area (TPSA) is 76.1 Å². The molecular formula is C16H17NO5. The fourth-order valence-electron chi connectivity index (χ4n) is 3.20. The van der Waals surface area contributed by atoms with E-state index < -0.39 is 17.5 Å². The van der Waals surface area contributed by atoms with Crippen molar-refractivity contribution in [2.24, 2.45) is 5.41 Å². The number of hydrogen-bond acceptors (Lipinski definition) is 4. The third-order valence-corrected chi connectivity index (χ3v) is 4.33. The fourth-order valence-corrected chi connectivity index (χ4v) is 3.20. The number of rotatable bonds is 3. The molecule has 0 saturated carbocycles. The third kappa shape index (κ3) is 2.11. The van der Waals surface area contributed by atoms with Gasteiger partial charge in [0, 0.05) is 24.6 Å². The summed E-state index contributed by atoms with van der Waals surface area (Å²) in [5.74, 6) is -0.567. The second-order valence-electron chi connectivity index (χ2n) is 5.59. The van der Waals surface area contributed by atoms with Gasteiger partial charge in [0.2, 0.25) is 0 Å². The van der Waals surface area contributed by atoms with Crippen LogP contribution in [0.15, 0.2) is 36.9 Å². The Kier molecular flexibility index (Phi) is 3.52. The molecule has 2 aliphatic heterocycles. The number of carbonyl (C=O) groups is 2. The molecule has 0 aliphatic carbocycles. The van der Waals surface area contributed by atoms with Crippen molar-refractivity contribution in [3.05, 3.63) is 42.5 Å². The predicted molar refractivity (Wildman–Crippen MR) is 77.9 cm³/mol. The zero-order valence-electron chi connectivity index (χ0n) is 12.0. The Hall–Kier alpha value is -2.50. The smallest absolute Gasteiger partial charge is 0.410 e. The standard InChI is InChI=1S/C16H17NO5/c1-2-7-21-15(20)17-8-12-11-5-3-4-6-13(11)22-10-16(12,9-17)14(18)19/h2-6,12H,1,7-10H2,(H,18,19)/t12-,16-/m0/s1. The highest BCUT2D eigenvalue weighted by Crippen LogP contribution is 2.49. The molecule has 1 aromatic carbocycles. The van der Waals surface area contributed by atoms with Gasteiger partial charge in [-0.25, -0.2) is 4.79 Å². The molecule has 6 nitrogen and oxygen atoms in total. The first-order valence-corrected chi connectivity index (χ1v) is 7.06. The molecule has 1 saturated heterocycles. The van der Waals surface area contributed by atoms with Crippen LogP contribution < -0.4 is 4.74 Å². The average Bonchev–Trinajstić information content (AvgIpc) is 2.94. The molecule has 3 rings (SSSR count). The zero-order chi connectivity index (χ0) is 15.7. The Morgan fingerprint density at radius 1 is 1.50 bits per heavy atom. The average molecular weight is 303 g/mol. The summed E-state index contributed by atoms with van der Waals surface area (Å²) in [6.07, 6.45) is 0.958. The number of hydrogen-bond donors (Lipinski definition) is 1. The number of para-hydroxylation sites is 1. The predicted octanol–water partition coefficient (Wildman–Crippen LogP) is 1.87. The van der Waals surface area contributed by atoms with E-state index in [-0.39, 0.29) is 25.7 Å². The molecule has 2 heterocycles. The number of carbonyl (C=O) groups excluding carboxylic acids is 1. The van der Waals surface area contributed by atoms with Crippen molar-refractivity contribution in [1.82, 2.24) is 4.90 Å². The lowest BCUT2D eigenvalue weighted by molar-refractivity contribution is -0.151. The Morgan fingerprint density at radius 2 is 2.27 bits per heavy atom. The quantitative estimate of drug-likeness (QED) is 0.863. The fraction of sp³-hybridized carbons (Fsp3) is 0.375. The van der Waals surface area contributed by atoms with E-state index in [1.807, 2.05) is 24.3 Å². The molecular weight excluding hydrogens is 286 g/mol. The molecule has 0 unspecified atom stereocenters. The summed E-state index contributed by atoms with van der Waals surface area (Å²) in [6, 6.07) is 7.37. The Balaban J connectivity index is 1.92. The molecule has 0 bridgehead atoms. The van der Waals surface area contributed by atoms with Gasteiger partial charge in [-0.2, -0.15) is 0 Å². The van der Waals surface area contributed by atoms with Crippen molar-refractivity contribution in [3.8, 4) is 5.75 Å². The molecule has 1 aromatic rings. The lowest BCUT2D eigenvalue weighted by atomic mass is 9.73. The minimum absolute atomic E-state index is 0.0508. The van der Waals surface area contributed by atoms with Crippen molar-refractivity contribution in [3.63, 3.8) is 0 Å². The second-order valence-corrected chi connectivity index (χ2v) is 5.59. The van der Waals surface area contributed by atoms with Crippen LogP contribution >= 0.6 is 0 Å². The first-order valence-electron chi connectivity index (χ1n) is 7.06. The number of carboxylic acids is 1. The van der Waals surface area contributed by atoms with Gasteiger partial charge in [-0.05, 0) is 6.07 Å². The molecule has 0 aromatic heterocycles. The number of benzene rings is 1. The monoisotopic (exact) mass is 303 g/mol. The van der Waals surface area contributed by atoms with Gasteiger partial charge in [-0.3, -0.25) is 4.79 Å². The van der Waals surface area contributed by atoms with E-state index in [4.69, 9.17) is 9.47 Å². The molecule has 2 atom stereocenters. The Bertz CT molecular complexity index is 629. The molecule has 22 heavy (non-hydrogen) atoms. The molecule has 0 radical (unpaired) electrons. The largest absolute Gasteiger partial charge is 0.492 e. The highest BCUT2D eigenvalue weighted by molar-refractivity contribution is 5.80. The summed E-state index contributed by atoms with van der Waals surface area (Å²) in [4.78, 5) is 25.4. The number of carboxylic acid groups (broad SMARTS) is 1. The van der Waals surface area contributed by atoms with Crippen molar-refractivity contribution >= 4 is 12.1 Å². The Morgan fingerprint density at radius 3 is 3.00 bits per heavy atom. The highest BCUT2D eigenvalue weighted by atomic mass is 16.6. The Labute approximate surface area is 127 Å². The molecule has 1 fully saturated rings. The van der Waals surface area contributed by atoms with E-state index >= 15 is 0 Å². The number of fused-ring (bicyclic) bond motifs is 3. The van der Waals surface area contributed by atoms with Crippen molar-refractivity contribution < 1.29 is 24.2 Å². The second kappa shape index (κ2) is 5.36. The van der Waals surface area contributed by atoms with Gasteiger partial charge in [0.1, 0.15) is 24.4 Å². The van der Waals surface area contributed by atoms with Crippen LogP contribution in [-0.4, -0.2) is 48.4 Å². The van der Waals surface area contributed by atoms with E-state index in [1.165, 1.54) is 11.0 Å². The lowest BCUT2D eigenvalue weighted by Crippen LogP contribution is -2.46. The first kappa shape index (κ1) is 14.4. The van der Waals surface area contributed by atoms with Crippen LogP contribution in [-0.2, 0) is 9.53 Å². The van der Waals surface area contributed by atoms with Crippen LogP contribution in [0, 0.1) is 5.41 Å². The normalized spacial score (nSPS) is 25.6. The van der Waals surface area contributed by atoms with Crippen LogP contribution in [0.4, 0.5) is 4.79 Å². The minimum atomic E-state index is -1.12. The summed E-state index contributed by atoms with van der Waals surface area (Å²) in [6.45, 7) is 4.04. The number of aliphatic carboxylic acids is 1. The highest BCUT2D eigenvalue weighted by Gasteiger charge is 2.57. The molecule has 116 valence electrons. The van der Waals surface area contributed by atoms with Gasteiger partial charge in [-0.15, -0.1) is 0 Å². The number of likely N-dealkylation sites (tertiary alicyclic amines) is 1. The van der Waals surface area contributed by atoms with E-state index in [0.717, 1.165) is 5.56 Å². The zero-order valence-corrected chi connectivity index (χ0v) is 12.0. The van der Waals surface area contributed by atoms with E-state index in [0.29, 0.717) is 12.3 Å². The van der Waals surface area contributed by atoms with Gasteiger partial charge in [-0.1, -0.05) is 30.9 Å². The summed E-state index contributed by atoms with van der Waals surface area (Å²) in [7, 11) is 0. The van der Waals surface area contributed by atoms with Gasteiger partial charge in [0.15, 0.2) is 0 Å². The molecule has 0 spiro atoms.